The van der Waals surface area contributed by atoms with Crippen LogP contribution in [0.2, 0.25) is 0 Å². The number of fused-ring (bicyclic) bond motifs is 1. The van der Waals surface area contributed by atoms with Crippen LogP contribution in [-0.4, -0.2) is 45.9 Å². The van der Waals surface area contributed by atoms with E-state index in [0.29, 0.717) is 24.7 Å². The number of nitrogens with zero attached hydrogens (tertiary/aromatic N) is 4. The van der Waals surface area contributed by atoms with E-state index in [9.17, 15) is 4.79 Å². The molecule has 0 aliphatic carbocycles. The Bertz CT molecular complexity index is 1020. The molecule has 0 unspecified atom stereocenters. The molecule has 9 nitrogen and oxygen atoms in total. The molecule has 1 amide bonds. The highest BCUT2D eigenvalue weighted by atomic mass is 16.5. The van der Waals surface area contributed by atoms with Crippen molar-refractivity contribution in [1.82, 2.24) is 25.5 Å². The fourth-order valence-electron chi connectivity index (χ4n) is 3.37. The molecular formula is C22H25N5O4. The minimum atomic E-state index is -0.210. The highest BCUT2D eigenvalue weighted by Crippen LogP contribution is 2.34. The van der Waals surface area contributed by atoms with Crippen LogP contribution in [0.4, 0.5) is 0 Å². The minimum absolute atomic E-state index is 0.104. The van der Waals surface area contributed by atoms with E-state index in [1.54, 1.807) is 12.1 Å². The molecule has 1 atom stereocenters. The highest BCUT2D eigenvalue weighted by molar-refractivity contribution is 5.78. The number of tetrazole rings is 1. The maximum absolute atomic E-state index is 12.6. The Balaban J connectivity index is 1.40. The van der Waals surface area contributed by atoms with E-state index in [1.807, 2.05) is 30.3 Å². The van der Waals surface area contributed by atoms with Gasteiger partial charge in [0, 0.05) is 12.5 Å². The number of nitrogens with one attached hydrogen (secondary N) is 1. The summed E-state index contributed by atoms with van der Waals surface area (Å²) in [5.41, 5.74) is 1.71. The second-order valence-electron chi connectivity index (χ2n) is 7.59. The van der Waals surface area contributed by atoms with E-state index >= 15 is 0 Å². The molecule has 0 radical (unpaired) electrons. The standard InChI is InChI=1S/C22H25N5O4/c1-15(2)22(16-7-8-19-20(11-16)30-10-4-9-29-19)24-21(28)13-31-18-6-3-5-17(12-18)27-14-23-25-26-27/h3,5-8,11-12,14-15,22H,4,9-10,13H2,1-2H3,(H,24,28)/t22-/m1/s1. The van der Waals surface area contributed by atoms with Gasteiger partial charge >= 0.3 is 0 Å². The zero-order valence-corrected chi connectivity index (χ0v) is 17.5. The minimum Gasteiger partial charge on any atom is -0.490 e. The molecule has 3 aromatic rings. The first-order chi connectivity index (χ1) is 15.1. The Labute approximate surface area is 180 Å². The van der Waals surface area contributed by atoms with Gasteiger partial charge in [-0.05, 0) is 46.2 Å². The van der Waals surface area contributed by atoms with E-state index in [1.165, 1.54) is 11.0 Å². The van der Waals surface area contributed by atoms with Crippen molar-refractivity contribution in [3.63, 3.8) is 0 Å². The number of carbonyl (C=O) groups is 1. The quantitative estimate of drug-likeness (QED) is 0.624. The fraction of sp³-hybridized carbons (Fsp3) is 0.364. The number of amides is 1. The van der Waals surface area contributed by atoms with Gasteiger partial charge in [-0.2, -0.15) is 0 Å². The molecule has 0 bridgehead atoms. The predicted molar refractivity (Wildman–Crippen MR) is 112 cm³/mol. The van der Waals surface area contributed by atoms with Gasteiger partial charge in [0.05, 0.1) is 24.9 Å². The van der Waals surface area contributed by atoms with Crippen LogP contribution in [0.15, 0.2) is 48.8 Å². The van der Waals surface area contributed by atoms with E-state index in [-0.39, 0.29) is 24.5 Å². The van der Waals surface area contributed by atoms with Gasteiger partial charge in [0.25, 0.3) is 5.91 Å². The molecule has 2 aromatic carbocycles. The molecule has 162 valence electrons. The average Bonchev–Trinajstić information content (AvgIpc) is 3.22. The van der Waals surface area contributed by atoms with E-state index in [0.717, 1.165) is 23.4 Å². The Kier molecular flexibility index (Phi) is 6.30. The lowest BCUT2D eigenvalue weighted by atomic mass is 9.95. The number of aromatic nitrogens is 4. The summed E-state index contributed by atoms with van der Waals surface area (Å²) in [5.74, 6) is 1.97. The third-order valence-corrected chi connectivity index (χ3v) is 4.91. The first-order valence-electron chi connectivity index (χ1n) is 10.3. The van der Waals surface area contributed by atoms with Crippen LogP contribution >= 0.6 is 0 Å². The Morgan fingerprint density at radius 1 is 1.16 bits per heavy atom. The Morgan fingerprint density at radius 3 is 2.77 bits per heavy atom. The van der Waals surface area contributed by atoms with Crippen molar-refractivity contribution in [2.45, 2.75) is 26.3 Å². The van der Waals surface area contributed by atoms with Gasteiger partial charge in [0.2, 0.25) is 0 Å². The summed E-state index contributed by atoms with van der Waals surface area (Å²) in [6.45, 7) is 5.27. The highest BCUT2D eigenvalue weighted by Gasteiger charge is 2.21. The summed E-state index contributed by atoms with van der Waals surface area (Å²) in [4.78, 5) is 12.6. The van der Waals surface area contributed by atoms with Crippen molar-refractivity contribution in [2.24, 2.45) is 5.92 Å². The van der Waals surface area contributed by atoms with Crippen LogP contribution < -0.4 is 19.5 Å². The lowest BCUT2D eigenvalue weighted by Gasteiger charge is -2.24. The molecule has 0 fully saturated rings. The van der Waals surface area contributed by atoms with E-state index < -0.39 is 0 Å². The molecule has 1 aliphatic heterocycles. The van der Waals surface area contributed by atoms with Crippen molar-refractivity contribution in [1.29, 1.82) is 0 Å². The first-order valence-corrected chi connectivity index (χ1v) is 10.3. The molecular weight excluding hydrogens is 398 g/mol. The molecule has 1 N–H and O–H groups in total. The largest absolute Gasteiger partial charge is 0.490 e. The van der Waals surface area contributed by atoms with Gasteiger partial charge in [0.15, 0.2) is 18.1 Å². The zero-order valence-electron chi connectivity index (χ0n) is 17.5. The number of rotatable bonds is 7. The molecule has 1 aromatic heterocycles. The SMILES string of the molecule is CC(C)[C@@H](NC(=O)COc1cccc(-n2cnnn2)c1)c1ccc2c(c1)OCCCO2. The van der Waals surface area contributed by atoms with Gasteiger partial charge in [-0.25, -0.2) is 4.68 Å². The van der Waals surface area contributed by atoms with E-state index in [4.69, 9.17) is 14.2 Å². The lowest BCUT2D eigenvalue weighted by molar-refractivity contribution is -0.124. The van der Waals surface area contributed by atoms with Gasteiger partial charge in [-0.1, -0.05) is 26.0 Å². The number of hydrogen-bond acceptors (Lipinski definition) is 7. The maximum Gasteiger partial charge on any atom is 0.258 e. The summed E-state index contributed by atoms with van der Waals surface area (Å²) in [7, 11) is 0. The molecule has 9 heteroatoms. The second-order valence-corrected chi connectivity index (χ2v) is 7.59. The fourth-order valence-corrected chi connectivity index (χ4v) is 3.37. The van der Waals surface area contributed by atoms with Crippen LogP contribution in [0.1, 0.15) is 31.9 Å². The molecule has 0 saturated carbocycles. The normalized spacial score (nSPS) is 14.0. The number of hydrogen-bond donors (Lipinski definition) is 1. The molecule has 0 spiro atoms. The van der Waals surface area contributed by atoms with Crippen LogP contribution in [0, 0.1) is 5.92 Å². The number of carbonyl (C=O) groups excluding carboxylic acids is 1. The van der Waals surface area contributed by atoms with Crippen LogP contribution in [0.5, 0.6) is 17.2 Å². The van der Waals surface area contributed by atoms with Crippen molar-refractivity contribution < 1.29 is 19.0 Å². The van der Waals surface area contributed by atoms with E-state index in [2.05, 4.69) is 34.7 Å². The van der Waals surface area contributed by atoms with Gasteiger partial charge in [0.1, 0.15) is 12.1 Å². The van der Waals surface area contributed by atoms with Gasteiger partial charge in [-0.3, -0.25) is 4.79 Å². The predicted octanol–water partition coefficient (Wildman–Crippen LogP) is 2.72. The van der Waals surface area contributed by atoms with Crippen LogP contribution in [0.25, 0.3) is 5.69 Å². The molecule has 31 heavy (non-hydrogen) atoms. The summed E-state index contributed by atoms with van der Waals surface area (Å²) in [6, 6.07) is 12.9. The van der Waals surface area contributed by atoms with Crippen LogP contribution in [-0.2, 0) is 4.79 Å². The monoisotopic (exact) mass is 423 g/mol. The third kappa shape index (κ3) is 5.11. The average molecular weight is 423 g/mol. The van der Waals surface area contributed by atoms with Gasteiger partial charge < -0.3 is 19.5 Å². The van der Waals surface area contributed by atoms with Crippen molar-refractivity contribution in [3.05, 3.63) is 54.4 Å². The molecule has 1 aliphatic rings. The van der Waals surface area contributed by atoms with Crippen molar-refractivity contribution in [3.8, 4) is 22.9 Å². The Morgan fingerprint density at radius 2 is 2.00 bits per heavy atom. The zero-order chi connectivity index (χ0) is 21.6. The van der Waals surface area contributed by atoms with Crippen molar-refractivity contribution in [2.75, 3.05) is 19.8 Å². The molecule has 0 saturated heterocycles. The molecule has 4 rings (SSSR count). The number of benzene rings is 2. The summed E-state index contributed by atoms with van der Waals surface area (Å²) >= 11 is 0. The summed E-state index contributed by atoms with van der Waals surface area (Å²) < 4.78 is 18.7. The van der Waals surface area contributed by atoms with Crippen LogP contribution in [0.3, 0.4) is 0 Å². The lowest BCUT2D eigenvalue weighted by Crippen LogP contribution is -2.35. The summed E-state index contributed by atoms with van der Waals surface area (Å²) in [5, 5.41) is 14.2. The Hall–Kier alpha value is -3.62. The van der Waals surface area contributed by atoms with Gasteiger partial charge in [-0.15, -0.1) is 5.10 Å². The third-order valence-electron chi connectivity index (χ3n) is 4.91. The van der Waals surface area contributed by atoms with Crippen molar-refractivity contribution >= 4 is 5.91 Å². The summed E-state index contributed by atoms with van der Waals surface area (Å²) in [6.07, 6.45) is 2.34. The maximum atomic E-state index is 12.6. The first kappa shape index (κ1) is 20.6. The molecule has 2 heterocycles. The number of ether oxygens (including phenoxy) is 3. The smallest absolute Gasteiger partial charge is 0.258 e. The second kappa shape index (κ2) is 9.46. The topological polar surface area (TPSA) is 100 Å².